The number of amides is 1. The second-order valence-electron chi connectivity index (χ2n) is 7.89. The Labute approximate surface area is 175 Å². The molecule has 1 aromatic heterocycles. The Morgan fingerprint density at radius 3 is 2.67 bits per heavy atom. The van der Waals surface area contributed by atoms with Crippen LogP contribution in [0.3, 0.4) is 0 Å². The topological polar surface area (TPSA) is 101 Å². The second kappa shape index (κ2) is 8.20. The molecule has 0 saturated carbocycles. The Bertz CT molecular complexity index is 999. The van der Waals surface area contributed by atoms with Gasteiger partial charge in [0.2, 0.25) is 0 Å². The van der Waals surface area contributed by atoms with Crippen LogP contribution in [-0.4, -0.2) is 52.1 Å². The predicted octanol–water partition coefficient (Wildman–Crippen LogP) is 2.02. The standard InChI is InChI=1S/C23H25N5O2/c1-23(24)20(29)14-19(16-9-11-25-12-10-16)27-22(23)26-18-8-5-13-28(15-18)21(30)17-6-3-2-4-7-17/h2-4,6-7,9-12,14,18H,5,8,13,15,24H2,1H3,(H,26,27)/t18?,23-/m0/s1. The van der Waals surface area contributed by atoms with Gasteiger partial charge in [-0.05, 0) is 44.0 Å². The van der Waals surface area contributed by atoms with E-state index in [4.69, 9.17) is 5.73 Å². The maximum atomic E-state index is 12.8. The minimum atomic E-state index is -1.23. The Morgan fingerprint density at radius 1 is 1.20 bits per heavy atom. The number of carbonyl (C=O) groups excluding carboxylic acids is 2. The van der Waals surface area contributed by atoms with Crippen molar-refractivity contribution >= 4 is 23.2 Å². The lowest BCUT2D eigenvalue weighted by molar-refractivity contribution is -0.117. The average molecular weight is 403 g/mol. The van der Waals surface area contributed by atoms with E-state index in [-0.39, 0.29) is 17.7 Å². The molecule has 0 bridgehead atoms. The average Bonchev–Trinajstić information content (AvgIpc) is 2.78. The van der Waals surface area contributed by atoms with Crippen molar-refractivity contribution in [3.63, 3.8) is 0 Å². The summed E-state index contributed by atoms with van der Waals surface area (Å²) in [4.78, 5) is 36.1. The Balaban J connectivity index is 1.53. The monoisotopic (exact) mass is 403 g/mol. The van der Waals surface area contributed by atoms with E-state index < -0.39 is 5.54 Å². The molecule has 2 aromatic rings. The highest BCUT2D eigenvalue weighted by molar-refractivity contribution is 6.22. The molecule has 7 nitrogen and oxygen atoms in total. The maximum absolute atomic E-state index is 12.8. The van der Waals surface area contributed by atoms with Crippen LogP contribution in [0.2, 0.25) is 0 Å². The smallest absolute Gasteiger partial charge is 0.253 e. The first-order valence-corrected chi connectivity index (χ1v) is 10.1. The number of benzene rings is 1. The summed E-state index contributed by atoms with van der Waals surface area (Å²) in [5.74, 6) is 0.234. The van der Waals surface area contributed by atoms with Crippen LogP contribution in [0.25, 0.3) is 5.70 Å². The summed E-state index contributed by atoms with van der Waals surface area (Å²) in [7, 11) is 0. The van der Waals surface area contributed by atoms with Crippen LogP contribution in [0.15, 0.2) is 65.9 Å². The molecule has 3 heterocycles. The molecule has 0 radical (unpaired) electrons. The summed E-state index contributed by atoms with van der Waals surface area (Å²) in [6, 6.07) is 12.9. The van der Waals surface area contributed by atoms with Gasteiger partial charge in [-0.1, -0.05) is 18.2 Å². The number of hydrogen-bond acceptors (Lipinski definition) is 6. The number of nitrogens with one attached hydrogen (secondary N) is 1. The van der Waals surface area contributed by atoms with Crippen LogP contribution in [0.4, 0.5) is 0 Å². The first-order chi connectivity index (χ1) is 14.4. The van der Waals surface area contributed by atoms with E-state index in [0.717, 1.165) is 18.4 Å². The van der Waals surface area contributed by atoms with E-state index in [2.05, 4.69) is 15.3 Å². The fourth-order valence-electron chi connectivity index (χ4n) is 3.75. The third kappa shape index (κ3) is 4.02. The number of rotatable bonds is 3. The SMILES string of the molecule is C[C@]1(N)C(=O)C=C(c2ccncc2)N=C1NC1CCCN(C(=O)c2ccccc2)C1. The zero-order valence-electron chi connectivity index (χ0n) is 16.9. The molecule has 154 valence electrons. The number of piperidine rings is 1. The zero-order valence-corrected chi connectivity index (χ0v) is 16.9. The molecular weight excluding hydrogens is 378 g/mol. The summed E-state index contributed by atoms with van der Waals surface area (Å²) >= 11 is 0. The minimum absolute atomic E-state index is 0.0108. The van der Waals surface area contributed by atoms with E-state index in [0.29, 0.717) is 30.2 Å². The van der Waals surface area contributed by atoms with E-state index >= 15 is 0 Å². The third-order valence-electron chi connectivity index (χ3n) is 5.55. The molecule has 1 amide bonds. The number of hydrogen-bond donors (Lipinski definition) is 2. The molecule has 30 heavy (non-hydrogen) atoms. The summed E-state index contributed by atoms with van der Waals surface area (Å²) < 4.78 is 0. The molecule has 2 aliphatic heterocycles. The van der Waals surface area contributed by atoms with Crippen molar-refractivity contribution in [1.82, 2.24) is 15.2 Å². The number of nitrogens with zero attached hydrogens (tertiary/aromatic N) is 3. The summed E-state index contributed by atoms with van der Waals surface area (Å²) in [5.41, 5.74) is 7.13. The van der Waals surface area contributed by atoms with Crippen molar-refractivity contribution in [2.75, 3.05) is 13.1 Å². The van der Waals surface area contributed by atoms with Gasteiger partial charge in [0.25, 0.3) is 5.91 Å². The number of aromatic nitrogens is 1. The highest BCUT2D eigenvalue weighted by Gasteiger charge is 2.38. The van der Waals surface area contributed by atoms with Crippen LogP contribution in [0.1, 0.15) is 35.7 Å². The molecule has 3 N–H and O–H groups in total. The molecule has 1 saturated heterocycles. The Hall–Kier alpha value is -3.32. The van der Waals surface area contributed by atoms with Gasteiger partial charge < -0.3 is 16.0 Å². The van der Waals surface area contributed by atoms with E-state index in [9.17, 15) is 9.59 Å². The maximum Gasteiger partial charge on any atom is 0.253 e. The highest BCUT2D eigenvalue weighted by atomic mass is 16.2. The third-order valence-corrected chi connectivity index (χ3v) is 5.55. The molecular formula is C23H25N5O2. The Kier molecular flexibility index (Phi) is 5.46. The fourth-order valence-corrected chi connectivity index (χ4v) is 3.75. The van der Waals surface area contributed by atoms with Gasteiger partial charge in [-0.15, -0.1) is 0 Å². The second-order valence-corrected chi connectivity index (χ2v) is 7.89. The van der Waals surface area contributed by atoms with Crippen LogP contribution < -0.4 is 11.1 Å². The molecule has 1 fully saturated rings. The molecule has 0 aliphatic carbocycles. The lowest BCUT2D eigenvalue weighted by atomic mass is 9.90. The van der Waals surface area contributed by atoms with Gasteiger partial charge >= 0.3 is 0 Å². The van der Waals surface area contributed by atoms with Crippen molar-refractivity contribution in [3.8, 4) is 0 Å². The van der Waals surface area contributed by atoms with Crippen LogP contribution in [-0.2, 0) is 4.79 Å². The highest BCUT2D eigenvalue weighted by Crippen LogP contribution is 2.24. The zero-order chi connectivity index (χ0) is 21.1. The first kappa shape index (κ1) is 20.0. The predicted molar refractivity (Wildman–Crippen MR) is 116 cm³/mol. The van der Waals surface area contributed by atoms with Gasteiger partial charge in [-0.25, -0.2) is 4.99 Å². The van der Waals surface area contributed by atoms with Gasteiger partial charge in [0.05, 0.1) is 5.70 Å². The minimum Gasteiger partial charge on any atom is -0.367 e. The number of nitrogens with two attached hydrogens (primary N) is 1. The lowest BCUT2D eigenvalue weighted by Gasteiger charge is -2.37. The molecule has 2 atom stereocenters. The molecule has 7 heteroatoms. The molecule has 2 aliphatic rings. The van der Waals surface area contributed by atoms with E-state index in [1.807, 2.05) is 35.2 Å². The van der Waals surface area contributed by atoms with Gasteiger partial charge in [0.15, 0.2) is 5.78 Å². The Morgan fingerprint density at radius 2 is 1.93 bits per heavy atom. The first-order valence-electron chi connectivity index (χ1n) is 10.1. The number of amidine groups is 1. The van der Waals surface area contributed by atoms with Crippen LogP contribution >= 0.6 is 0 Å². The molecule has 0 spiro atoms. The van der Waals surface area contributed by atoms with Gasteiger partial charge in [0, 0.05) is 48.7 Å². The van der Waals surface area contributed by atoms with Crippen LogP contribution in [0.5, 0.6) is 0 Å². The quantitative estimate of drug-likeness (QED) is 0.817. The summed E-state index contributed by atoms with van der Waals surface area (Å²) in [6.07, 6.45) is 6.54. The number of ketones is 1. The molecule has 4 rings (SSSR count). The van der Waals surface area contributed by atoms with E-state index in [1.165, 1.54) is 6.08 Å². The lowest BCUT2D eigenvalue weighted by Crippen LogP contribution is -2.61. The van der Waals surface area contributed by atoms with Crippen molar-refractivity contribution in [1.29, 1.82) is 0 Å². The number of pyridine rings is 1. The van der Waals surface area contributed by atoms with Crippen molar-refractivity contribution < 1.29 is 9.59 Å². The fraction of sp³-hybridized carbons (Fsp3) is 0.304. The van der Waals surface area contributed by atoms with Crippen LogP contribution in [0, 0.1) is 0 Å². The van der Waals surface area contributed by atoms with E-state index in [1.54, 1.807) is 31.5 Å². The van der Waals surface area contributed by atoms with Gasteiger partial charge in [0.1, 0.15) is 11.4 Å². The largest absolute Gasteiger partial charge is 0.367 e. The molecule has 1 unspecified atom stereocenters. The molecule has 1 aromatic carbocycles. The van der Waals surface area contributed by atoms with Crippen molar-refractivity contribution in [3.05, 3.63) is 72.1 Å². The number of aliphatic imine (C=N–C) groups is 1. The number of likely N-dealkylation sites (tertiary alicyclic amines) is 1. The van der Waals surface area contributed by atoms with Gasteiger partial charge in [-0.3, -0.25) is 14.6 Å². The van der Waals surface area contributed by atoms with Crippen molar-refractivity contribution in [2.24, 2.45) is 10.7 Å². The normalized spacial score (nSPS) is 24.1. The van der Waals surface area contributed by atoms with Gasteiger partial charge in [-0.2, -0.15) is 0 Å². The summed E-state index contributed by atoms with van der Waals surface area (Å²) in [6.45, 7) is 2.90. The summed E-state index contributed by atoms with van der Waals surface area (Å²) in [5, 5.41) is 3.37. The van der Waals surface area contributed by atoms with Crippen molar-refractivity contribution in [2.45, 2.75) is 31.3 Å². The number of carbonyl (C=O) groups is 2.